The summed E-state index contributed by atoms with van der Waals surface area (Å²) in [4.78, 5) is 1.33. The number of hydrogen-bond donors (Lipinski definition) is 1. The Morgan fingerprint density at radius 3 is 2.91 bits per heavy atom. The normalized spacial score (nSPS) is 28.9. The third-order valence-electron chi connectivity index (χ3n) is 2.12. The molecule has 11 heavy (non-hydrogen) atoms. The highest BCUT2D eigenvalue weighted by molar-refractivity contribution is 7.16. The molecule has 1 N–H and O–H groups in total. The van der Waals surface area contributed by atoms with Crippen LogP contribution in [0.1, 0.15) is 17.2 Å². The molecule has 3 heteroatoms. The van der Waals surface area contributed by atoms with Crippen LogP contribution < -0.4 is 0 Å². The fourth-order valence-electron chi connectivity index (χ4n) is 1.33. The maximum Gasteiger partial charge on any atom is 0.0931 e. The average Bonchev–Trinajstić information content (AvgIpc) is 2.68. The van der Waals surface area contributed by atoms with Crippen molar-refractivity contribution < 1.29 is 5.11 Å². The second kappa shape index (κ2) is 2.77. The van der Waals surface area contributed by atoms with Gasteiger partial charge in [-0.25, -0.2) is 0 Å². The topological polar surface area (TPSA) is 20.2 Å². The van der Waals surface area contributed by atoms with E-state index >= 15 is 0 Å². The minimum atomic E-state index is 0.320. The highest BCUT2D eigenvalue weighted by Gasteiger charge is 2.38. The minimum absolute atomic E-state index is 0.320. The van der Waals surface area contributed by atoms with Gasteiger partial charge in [0.1, 0.15) is 0 Å². The first kappa shape index (κ1) is 7.59. The lowest BCUT2D eigenvalue weighted by Gasteiger charge is -1.89. The smallest absolute Gasteiger partial charge is 0.0931 e. The molecule has 0 bridgehead atoms. The molecule has 0 amide bonds. The van der Waals surface area contributed by atoms with Gasteiger partial charge in [-0.2, -0.15) is 0 Å². The van der Waals surface area contributed by atoms with Gasteiger partial charge < -0.3 is 5.11 Å². The number of thiophene rings is 1. The van der Waals surface area contributed by atoms with Crippen molar-refractivity contribution in [2.24, 2.45) is 5.92 Å². The van der Waals surface area contributed by atoms with Crippen LogP contribution >= 0.6 is 22.9 Å². The summed E-state index contributed by atoms with van der Waals surface area (Å²) in [7, 11) is 0. The van der Waals surface area contributed by atoms with Crippen LogP contribution in [0.2, 0.25) is 4.34 Å². The molecule has 0 spiro atoms. The van der Waals surface area contributed by atoms with E-state index in [0.717, 1.165) is 10.8 Å². The molecule has 1 fully saturated rings. The number of hydrogen-bond acceptors (Lipinski definition) is 2. The van der Waals surface area contributed by atoms with Crippen molar-refractivity contribution in [3.05, 3.63) is 21.3 Å². The van der Waals surface area contributed by atoms with Gasteiger partial charge in [-0.15, -0.1) is 11.3 Å². The summed E-state index contributed by atoms with van der Waals surface area (Å²) in [5.74, 6) is 1.10. The van der Waals surface area contributed by atoms with Crippen molar-refractivity contribution in [1.82, 2.24) is 0 Å². The summed E-state index contributed by atoms with van der Waals surface area (Å²) in [5, 5.41) is 8.82. The summed E-state index contributed by atoms with van der Waals surface area (Å²) >= 11 is 7.41. The Morgan fingerprint density at radius 2 is 2.45 bits per heavy atom. The van der Waals surface area contributed by atoms with Gasteiger partial charge in [0.25, 0.3) is 0 Å². The van der Waals surface area contributed by atoms with Crippen molar-refractivity contribution in [3.8, 4) is 0 Å². The Balaban J connectivity index is 2.08. The van der Waals surface area contributed by atoms with E-state index in [-0.39, 0.29) is 0 Å². The van der Waals surface area contributed by atoms with Crippen LogP contribution in [0.15, 0.2) is 12.1 Å². The molecule has 1 aliphatic carbocycles. The maximum atomic E-state index is 8.82. The van der Waals surface area contributed by atoms with Crippen molar-refractivity contribution in [3.63, 3.8) is 0 Å². The molecule has 1 aromatic heterocycles. The number of aliphatic hydroxyl groups excluding tert-OH is 1. The third-order valence-corrected chi connectivity index (χ3v) is 3.48. The lowest BCUT2D eigenvalue weighted by molar-refractivity contribution is 0.274. The molecule has 2 rings (SSSR count). The van der Waals surface area contributed by atoms with Gasteiger partial charge in [-0.05, 0) is 30.4 Å². The molecular weight excluding hydrogens is 180 g/mol. The van der Waals surface area contributed by atoms with Gasteiger partial charge in [-0.1, -0.05) is 11.6 Å². The quantitative estimate of drug-likeness (QED) is 0.756. The zero-order chi connectivity index (χ0) is 7.84. The predicted molar refractivity (Wildman–Crippen MR) is 47.3 cm³/mol. The van der Waals surface area contributed by atoms with Crippen LogP contribution in [0.25, 0.3) is 0 Å². The largest absolute Gasteiger partial charge is 0.396 e. The molecular formula is C8H9ClOS. The highest BCUT2D eigenvalue weighted by Crippen LogP contribution is 2.49. The van der Waals surface area contributed by atoms with Crippen LogP contribution in [-0.4, -0.2) is 11.7 Å². The molecule has 0 saturated heterocycles. The zero-order valence-corrected chi connectivity index (χ0v) is 7.53. The SMILES string of the molecule is OCC1CC1c1ccc(Cl)s1. The van der Waals surface area contributed by atoms with Crippen molar-refractivity contribution >= 4 is 22.9 Å². The van der Waals surface area contributed by atoms with Gasteiger partial charge in [0, 0.05) is 11.5 Å². The zero-order valence-electron chi connectivity index (χ0n) is 5.96. The molecule has 1 nitrogen and oxygen atoms in total. The Kier molecular flexibility index (Phi) is 1.91. The molecule has 1 aromatic rings. The van der Waals surface area contributed by atoms with Crippen molar-refractivity contribution in [2.75, 3.05) is 6.61 Å². The second-order valence-corrected chi connectivity index (χ2v) is 4.67. The highest BCUT2D eigenvalue weighted by atomic mass is 35.5. The Morgan fingerprint density at radius 1 is 1.64 bits per heavy atom. The Labute approximate surface area is 74.6 Å². The average molecular weight is 189 g/mol. The van der Waals surface area contributed by atoms with Crippen molar-refractivity contribution in [2.45, 2.75) is 12.3 Å². The lowest BCUT2D eigenvalue weighted by atomic mass is 10.3. The van der Waals surface area contributed by atoms with Crippen LogP contribution in [0, 0.1) is 5.92 Å². The molecule has 60 valence electrons. The molecule has 2 unspecified atom stereocenters. The van der Waals surface area contributed by atoms with Crippen LogP contribution in [0.5, 0.6) is 0 Å². The van der Waals surface area contributed by atoms with Gasteiger partial charge in [0.2, 0.25) is 0 Å². The van der Waals surface area contributed by atoms with Gasteiger partial charge in [0.05, 0.1) is 4.34 Å². The first-order chi connectivity index (χ1) is 5.31. The van der Waals surface area contributed by atoms with E-state index in [1.54, 1.807) is 11.3 Å². The van der Waals surface area contributed by atoms with Crippen molar-refractivity contribution in [1.29, 1.82) is 0 Å². The predicted octanol–water partition coefficient (Wildman–Crippen LogP) is 2.50. The Hall–Kier alpha value is -0.0500. The number of rotatable bonds is 2. The van der Waals surface area contributed by atoms with E-state index in [1.165, 1.54) is 4.88 Å². The van der Waals surface area contributed by atoms with E-state index in [1.807, 2.05) is 6.07 Å². The van der Waals surface area contributed by atoms with E-state index < -0.39 is 0 Å². The first-order valence-electron chi connectivity index (χ1n) is 3.67. The molecule has 1 aliphatic rings. The van der Waals surface area contributed by atoms with E-state index in [2.05, 4.69) is 6.07 Å². The fourth-order valence-corrected chi connectivity index (χ4v) is 2.59. The molecule has 1 saturated carbocycles. The molecule has 1 heterocycles. The molecule has 0 radical (unpaired) electrons. The summed E-state index contributed by atoms with van der Waals surface area (Å²) < 4.78 is 0.851. The Bertz CT molecular complexity index is 258. The maximum absolute atomic E-state index is 8.82. The van der Waals surface area contributed by atoms with E-state index in [0.29, 0.717) is 18.4 Å². The summed E-state index contributed by atoms with van der Waals surface area (Å²) in [5.41, 5.74) is 0. The summed E-state index contributed by atoms with van der Waals surface area (Å²) in [6.07, 6.45) is 1.13. The van der Waals surface area contributed by atoms with Gasteiger partial charge in [0.15, 0.2) is 0 Å². The van der Waals surface area contributed by atoms with Gasteiger partial charge >= 0.3 is 0 Å². The molecule has 0 aliphatic heterocycles. The van der Waals surface area contributed by atoms with E-state index in [9.17, 15) is 0 Å². The summed E-state index contributed by atoms with van der Waals surface area (Å²) in [6.45, 7) is 0.320. The number of halogens is 1. The third kappa shape index (κ3) is 1.43. The van der Waals surface area contributed by atoms with Crippen LogP contribution in [0.4, 0.5) is 0 Å². The minimum Gasteiger partial charge on any atom is -0.396 e. The van der Waals surface area contributed by atoms with Gasteiger partial charge in [-0.3, -0.25) is 0 Å². The second-order valence-electron chi connectivity index (χ2n) is 2.93. The molecule has 2 atom stereocenters. The standard InChI is InChI=1S/C8H9ClOS/c9-8-2-1-7(11-8)6-3-5(6)4-10/h1-2,5-6,10H,3-4H2. The molecule has 0 aromatic carbocycles. The van der Waals surface area contributed by atoms with E-state index in [4.69, 9.17) is 16.7 Å². The van der Waals surface area contributed by atoms with Crippen LogP contribution in [0.3, 0.4) is 0 Å². The fraction of sp³-hybridized carbons (Fsp3) is 0.500. The number of aliphatic hydroxyl groups is 1. The first-order valence-corrected chi connectivity index (χ1v) is 4.87. The monoisotopic (exact) mass is 188 g/mol. The summed E-state index contributed by atoms with van der Waals surface area (Å²) in [6, 6.07) is 3.99. The van der Waals surface area contributed by atoms with Crippen LogP contribution in [-0.2, 0) is 0 Å². The lowest BCUT2D eigenvalue weighted by Crippen LogP contribution is -1.85.